The van der Waals surface area contributed by atoms with Crippen LogP contribution in [0.25, 0.3) is 11.4 Å². The van der Waals surface area contributed by atoms with E-state index in [1.54, 1.807) is 6.92 Å². The molecular weight excluding hydrogens is 286 g/mol. The van der Waals surface area contributed by atoms with Gasteiger partial charge in [-0.15, -0.1) is 15.3 Å². The van der Waals surface area contributed by atoms with Crippen molar-refractivity contribution in [3.05, 3.63) is 41.6 Å². The van der Waals surface area contributed by atoms with Gasteiger partial charge in [0.05, 0.1) is 5.75 Å². The Morgan fingerprint density at radius 2 is 2.00 bits per heavy atom. The minimum atomic E-state index is 0.562. The first-order valence-electron chi connectivity index (χ1n) is 6.68. The van der Waals surface area contributed by atoms with E-state index in [2.05, 4.69) is 56.6 Å². The monoisotopic (exact) mass is 301 g/mol. The van der Waals surface area contributed by atoms with Crippen LogP contribution >= 0.6 is 11.8 Å². The van der Waals surface area contributed by atoms with Gasteiger partial charge in [0.25, 0.3) is 0 Å². The maximum absolute atomic E-state index is 5.31. The van der Waals surface area contributed by atoms with Crippen LogP contribution in [0, 0.1) is 6.92 Å². The minimum absolute atomic E-state index is 0.562. The van der Waals surface area contributed by atoms with Gasteiger partial charge in [0, 0.05) is 12.5 Å². The number of aryl methyl sites for hydroxylation is 2. The number of hydrogen-bond acceptors (Lipinski definition) is 6. The van der Waals surface area contributed by atoms with Crippen molar-refractivity contribution in [3.63, 3.8) is 0 Å². The number of rotatable bonds is 5. The quantitative estimate of drug-likeness (QED) is 0.730. The van der Waals surface area contributed by atoms with Crippen LogP contribution in [0.3, 0.4) is 0 Å². The summed E-state index contributed by atoms with van der Waals surface area (Å²) in [7, 11) is 0. The molecule has 0 saturated carbocycles. The van der Waals surface area contributed by atoms with Crippen molar-refractivity contribution < 1.29 is 4.42 Å². The van der Waals surface area contributed by atoms with Gasteiger partial charge in [0.15, 0.2) is 5.82 Å². The van der Waals surface area contributed by atoms with E-state index in [1.165, 1.54) is 17.3 Å². The molecule has 0 aliphatic carbocycles. The number of nitrogens with zero attached hydrogens (tertiary/aromatic N) is 4. The Hall–Kier alpha value is -2.15. The summed E-state index contributed by atoms with van der Waals surface area (Å²) in [6.07, 6.45) is 1.03. The van der Waals surface area contributed by atoms with Crippen molar-refractivity contribution >= 4 is 11.8 Å². The van der Waals surface area contributed by atoms with Gasteiger partial charge >= 0.3 is 0 Å². The van der Waals surface area contributed by atoms with Crippen molar-refractivity contribution in [2.45, 2.75) is 31.2 Å². The van der Waals surface area contributed by atoms with Crippen molar-refractivity contribution in [1.29, 1.82) is 0 Å². The van der Waals surface area contributed by atoms with Gasteiger partial charge in [0.2, 0.25) is 16.9 Å². The smallest absolute Gasteiger partial charge is 0.226 e. The summed E-state index contributed by atoms with van der Waals surface area (Å²) in [6, 6.07) is 8.31. The van der Waals surface area contributed by atoms with Gasteiger partial charge in [-0.25, -0.2) is 4.98 Å². The molecule has 0 unspecified atom stereocenters. The zero-order valence-corrected chi connectivity index (χ0v) is 12.6. The molecule has 6 nitrogen and oxygen atoms in total. The molecule has 21 heavy (non-hydrogen) atoms. The van der Waals surface area contributed by atoms with Crippen LogP contribution in [-0.2, 0) is 12.2 Å². The van der Waals surface area contributed by atoms with Gasteiger partial charge in [-0.1, -0.05) is 43.0 Å². The molecule has 2 aromatic heterocycles. The molecule has 0 aliphatic heterocycles. The lowest BCUT2D eigenvalue weighted by Gasteiger charge is -1.98. The summed E-state index contributed by atoms with van der Waals surface area (Å²) in [5, 5.41) is 15.5. The van der Waals surface area contributed by atoms with Gasteiger partial charge < -0.3 is 4.42 Å². The Morgan fingerprint density at radius 1 is 1.19 bits per heavy atom. The molecule has 0 saturated heterocycles. The van der Waals surface area contributed by atoms with Crippen molar-refractivity contribution in [2.24, 2.45) is 0 Å². The van der Waals surface area contributed by atoms with Crippen LogP contribution in [0.5, 0.6) is 0 Å². The van der Waals surface area contributed by atoms with Gasteiger partial charge in [-0.2, -0.15) is 0 Å². The molecule has 7 heteroatoms. The molecule has 0 bridgehead atoms. The summed E-state index contributed by atoms with van der Waals surface area (Å²) in [4.78, 5) is 4.46. The largest absolute Gasteiger partial charge is 0.425 e. The number of nitrogens with one attached hydrogen (secondary N) is 1. The lowest BCUT2D eigenvalue weighted by atomic mass is 10.1. The van der Waals surface area contributed by atoms with Gasteiger partial charge in [0.1, 0.15) is 0 Å². The maximum atomic E-state index is 5.31. The molecule has 2 heterocycles. The van der Waals surface area contributed by atoms with E-state index in [1.807, 2.05) is 0 Å². The second-order valence-electron chi connectivity index (χ2n) is 4.52. The molecule has 0 aliphatic rings. The van der Waals surface area contributed by atoms with E-state index in [9.17, 15) is 0 Å². The summed E-state index contributed by atoms with van der Waals surface area (Å²) < 4.78 is 5.31. The summed E-state index contributed by atoms with van der Waals surface area (Å²) in [5.41, 5.74) is 2.33. The van der Waals surface area contributed by atoms with Crippen LogP contribution in [0.2, 0.25) is 0 Å². The first-order chi connectivity index (χ1) is 10.2. The number of aromatic nitrogens is 5. The Bertz CT molecular complexity index is 719. The molecule has 1 aromatic carbocycles. The fraction of sp³-hybridized carbons (Fsp3) is 0.286. The Kier molecular flexibility index (Phi) is 4.01. The zero-order chi connectivity index (χ0) is 14.7. The van der Waals surface area contributed by atoms with Crippen LogP contribution in [0.1, 0.15) is 24.3 Å². The van der Waals surface area contributed by atoms with E-state index in [0.717, 1.165) is 17.8 Å². The standard InChI is InChI=1S/C14H15N5OS/c1-3-10-4-6-11(7-5-10)13-15-14(19-18-13)21-8-12-17-16-9(2)20-12/h4-7H,3,8H2,1-2H3,(H,15,18,19). The highest BCUT2D eigenvalue weighted by molar-refractivity contribution is 7.98. The molecule has 108 valence electrons. The summed E-state index contributed by atoms with van der Waals surface area (Å²) in [5.74, 6) is 2.47. The lowest BCUT2D eigenvalue weighted by molar-refractivity contribution is 0.485. The molecule has 0 radical (unpaired) electrons. The first-order valence-corrected chi connectivity index (χ1v) is 7.66. The average molecular weight is 301 g/mol. The Balaban J connectivity index is 1.67. The van der Waals surface area contributed by atoms with Gasteiger partial charge in [-0.05, 0) is 12.0 Å². The molecular formula is C14H15N5OS. The van der Waals surface area contributed by atoms with Crippen molar-refractivity contribution in [1.82, 2.24) is 25.4 Å². The molecule has 3 aromatic rings. The van der Waals surface area contributed by atoms with Crippen LogP contribution in [-0.4, -0.2) is 25.4 Å². The Labute approximate surface area is 126 Å². The van der Waals surface area contributed by atoms with Crippen LogP contribution in [0.15, 0.2) is 33.8 Å². The number of thioether (sulfide) groups is 1. The van der Waals surface area contributed by atoms with Crippen LogP contribution in [0.4, 0.5) is 0 Å². The molecule has 1 N–H and O–H groups in total. The Morgan fingerprint density at radius 3 is 2.67 bits per heavy atom. The normalized spacial score (nSPS) is 11.0. The van der Waals surface area contributed by atoms with Crippen molar-refractivity contribution in [3.8, 4) is 11.4 Å². The van der Waals surface area contributed by atoms with E-state index >= 15 is 0 Å². The van der Waals surface area contributed by atoms with E-state index in [0.29, 0.717) is 22.7 Å². The van der Waals surface area contributed by atoms with Crippen molar-refractivity contribution in [2.75, 3.05) is 0 Å². The maximum Gasteiger partial charge on any atom is 0.226 e. The third-order valence-corrected chi connectivity index (χ3v) is 3.83. The third kappa shape index (κ3) is 3.30. The van der Waals surface area contributed by atoms with Gasteiger partial charge in [-0.3, -0.25) is 5.10 Å². The highest BCUT2D eigenvalue weighted by Crippen LogP contribution is 2.22. The van der Waals surface area contributed by atoms with E-state index < -0.39 is 0 Å². The minimum Gasteiger partial charge on any atom is -0.425 e. The number of benzene rings is 1. The predicted molar refractivity (Wildman–Crippen MR) is 79.8 cm³/mol. The highest BCUT2D eigenvalue weighted by Gasteiger charge is 2.09. The molecule has 0 amide bonds. The first kappa shape index (κ1) is 13.8. The van der Waals surface area contributed by atoms with E-state index in [4.69, 9.17) is 4.42 Å². The highest BCUT2D eigenvalue weighted by atomic mass is 32.2. The second-order valence-corrected chi connectivity index (χ2v) is 5.46. The third-order valence-electron chi connectivity index (χ3n) is 2.99. The SMILES string of the molecule is CCc1ccc(-c2nc(SCc3nnc(C)o3)n[nH]2)cc1. The molecule has 0 spiro atoms. The molecule has 0 fully saturated rings. The zero-order valence-electron chi connectivity index (χ0n) is 11.8. The fourth-order valence-electron chi connectivity index (χ4n) is 1.86. The number of hydrogen-bond donors (Lipinski definition) is 1. The average Bonchev–Trinajstić information content (AvgIpc) is 3.14. The lowest BCUT2D eigenvalue weighted by Crippen LogP contribution is -1.84. The predicted octanol–water partition coefficient (Wildman–Crippen LogP) is 3.02. The van der Waals surface area contributed by atoms with Crippen LogP contribution < -0.4 is 0 Å². The number of H-pyrrole nitrogens is 1. The number of aromatic amines is 1. The van der Waals surface area contributed by atoms with E-state index in [-0.39, 0.29) is 0 Å². The summed E-state index contributed by atoms with van der Waals surface area (Å²) in [6.45, 7) is 3.91. The second kappa shape index (κ2) is 6.09. The summed E-state index contributed by atoms with van der Waals surface area (Å²) >= 11 is 1.46. The molecule has 3 rings (SSSR count). The fourth-order valence-corrected chi connectivity index (χ4v) is 2.50. The topological polar surface area (TPSA) is 80.5 Å². The molecule has 0 atom stereocenters.